The molecule has 0 radical (unpaired) electrons. The molecule has 2 aromatic heterocycles. The molecule has 104 valence electrons. The second-order valence-electron chi connectivity index (χ2n) is 5.56. The Balaban J connectivity index is 1.76. The average molecular weight is 269 g/mol. The van der Waals surface area contributed by atoms with E-state index in [-0.39, 0.29) is 6.10 Å². The van der Waals surface area contributed by atoms with Gasteiger partial charge in [-0.05, 0) is 43.4 Å². The number of rotatable bonds is 2. The molecule has 1 aliphatic heterocycles. The van der Waals surface area contributed by atoms with Crippen LogP contribution in [-0.2, 0) is 4.74 Å². The van der Waals surface area contributed by atoms with E-state index in [1.165, 1.54) is 6.42 Å². The van der Waals surface area contributed by atoms with E-state index in [0.29, 0.717) is 11.7 Å². The van der Waals surface area contributed by atoms with Gasteiger partial charge in [-0.15, -0.1) is 0 Å². The monoisotopic (exact) mass is 269 g/mol. The van der Waals surface area contributed by atoms with Crippen LogP contribution < -0.4 is 0 Å². The van der Waals surface area contributed by atoms with Gasteiger partial charge in [0.2, 0.25) is 0 Å². The third-order valence-electron chi connectivity index (χ3n) is 3.66. The van der Waals surface area contributed by atoms with Gasteiger partial charge in [-0.1, -0.05) is 6.92 Å². The lowest BCUT2D eigenvalue weighted by molar-refractivity contribution is -0.0146. The minimum absolute atomic E-state index is 0.138. The maximum atomic E-state index is 5.84. The largest absolute Gasteiger partial charge is 0.372 e. The number of ether oxygens (including phenoxy) is 1. The molecule has 3 rings (SSSR count). The summed E-state index contributed by atoms with van der Waals surface area (Å²) in [5.41, 5.74) is 3.01. The van der Waals surface area contributed by atoms with Gasteiger partial charge >= 0.3 is 0 Å². The van der Waals surface area contributed by atoms with E-state index in [9.17, 15) is 0 Å². The van der Waals surface area contributed by atoms with Crippen LogP contribution >= 0.6 is 0 Å². The van der Waals surface area contributed by atoms with Crippen molar-refractivity contribution >= 4 is 0 Å². The van der Waals surface area contributed by atoms with Crippen LogP contribution in [0.5, 0.6) is 0 Å². The van der Waals surface area contributed by atoms with E-state index >= 15 is 0 Å². The standard InChI is InChI=1S/C16H19N3O/c1-11-3-6-15(20-10-11)14-5-4-13(9-17-14)16-18-7-12(2)8-19-16/h4-5,7-9,11,15H,3,6,10H2,1-2H3. The number of hydrogen-bond acceptors (Lipinski definition) is 4. The minimum atomic E-state index is 0.138. The van der Waals surface area contributed by atoms with Crippen molar-refractivity contribution in [2.24, 2.45) is 5.92 Å². The second kappa shape index (κ2) is 5.67. The third kappa shape index (κ3) is 2.85. The molecule has 0 amide bonds. The first-order valence-electron chi connectivity index (χ1n) is 7.09. The topological polar surface area (TPSA) is 47.9 Å². The van der Waals surface area contributed by atoms with Gasteiger partial charge in [0.15, 0.2) is 5.82 Å². The fourth-order valence-electron chi connectivity index (χ4n) is 2.39. The molecular weight excluding hydrogens is 250 g/mol. The highest BCUT2D eigenvalue weighted by Crippen LogP contribution is 2.29. The minimum Gasteiger partial charge on any atom is -0.372 e. The van der Waals surface area contributed by atoms with Crippen molar-refractivity contribution < 1.29 is 4.74 Å². The Morgan fingerprint density at radius 2 is 1.85 bits per heavy atom. The van der Waals surface area contributed by atoms with Gasteiger partial charge in [-0.3, -0.25) is 4.98 Å². The second-order valence-corrected chi connectivity index (χ2v) is 5.56. The van der Waals surface area contributed by atoms with Crippen LogP contribution in [0.25, 0.3) is 11.4 Å². The molecule has 0 N–H and O–H groups in total. The van der Waals surface area contributed by atoms with Gasteiger partial charge < -0.3 is 4.74 Å². The molecule has 0 spiro atoms. The molecule has 4 heteroatoms. The summed E-state index contributed by atoms with van der Waals surface area (Å²) >= 11 is 0. The third-order valence-corrected chi connectivity index (χ3v) is 3.66. The predicted octanol–water partition coefficient (Wildman–Crippen LogP) is 3.33. The molecule has 0 aromatic carbocycles. The van der Waals surface area contributed by atoms with Crippen LogP contribution in [0, 0.1) is 12.8 Å². The fraction of sp³-hybridized carbons (Fsp3) is 0.438. The van der Waals surface area contributed by atoms with E-state index in [4.69, 9.17) is 4.74 Å². The van der Waals surface area contributed by atoms with Crippen LogP contribution in [0.3, 0.4) is 0 Å². The van der Waals surface area contributed by atoms with Gasteiger partial charge in [-0.25, -0.2) is 9.97 Å². The van der Waals surface area contributed by atoms with Crippen molar-refractivity contribution in [3.8, 4) is 11.4 Å². The van der Waals surface area contributed by atoms with Crippen LogP contribution in [0.1, 0.15) is 37.1 Å². The SMILES string of the molecule is Cc1cnc(-c2ccc(C3CCC(C)CO3)nc2)nc1. The maximum Gasteiger partial charge on any atom is 0.160 e. The number of nitrogens with zero attached hydrogens (tertiary/aromatic N) is 3. The molecule has 2 unspecified atom stereocenters. The molecule has 0 aliphatic carbocycles. The number of hydrogen-bond donors (Lipinski definition) is 0. The highest BCUT2D eigenvalue weighted by molar-refractivity contribution is 5.53. The van der Waals surface area contributed by atoms with Crippen LogP contribution in [0.2, 0.25) is 0 Å². The smallest absolute Gasteiger partial charge is 0.160 e. The van der Waals surface area contributed by atoms with Gasteiger partial charge in [0.05, 0.1) is 18.4 Å². The summed E-state index contributed by atoms with van der Waals surface area (Å²) in [6.07, 6.45) is 7.87. The Labute approximate surface area is 119 Å². The average Bonchev–Trinajstić information content (AvgIpc) is 2.49. The van der Waals surface area contributed by atoms with Gasteiger partial charge in [0, 0.05) is 24.2 Å². The van der Waals surface area contributed by atoms with E-state index in [0.717, 1.165) is 29.8 Å². The Hall–Kier alpha value is -1.81. The Bertz CT molecular complexity index is 557. The summed E-state index contributed by atoms with van der Waals surface area (Å²) in [6.45, 7) is 5.03. The fourth-order valence-corrected chi connectivity index (χ4v) is 2.39. The van der Waals surface area contributed by atoms with Crippen molar-refractivity contribution in [3.63, 3.8) is 0 Å². The molecule has 2 aromatic rings. The van der Waals surface area contributed by atoms with E-state index in [1.54, 1.807) is 0 Å². The molecule has 1 saturated heterocycles. The first-order chi connectivity index (χ1) is 9.72. The zero-order valence-corrected chi connectivity index (χ0v) is 11.9. The molecule has 2 atom stereocenters. The molecule has 20 heavy (non-hydrogen) atoms. The molecular formula is C16H19N3O. The quantitative estimate of drug-likeness (QED) is 0.839. The van der Waals surface area contributed by atoms with Crippen molar-refractivity contribution in [2.75, 3.05) is 6.61 Å². The van der Waals surface area contributed by atoms with Gasteiger partial charge in [0.25, 0.3) is 0 Å². The summed E-state index contributed by atoms with van der Waals surface area (Å²) in [7, 11) is 0. The lowest BCUT2D eigenvalue weighted by atomic mass is 9.98. The molecule has 3 heterocycles. The molecule has 0 saturated carbocycles. The molecule has 4 nitrogen and oxygen atoms in total. The van der Waals surface area contributed by atoms with Gasteiger partial charge in [-0.2, -0.15) is 0 Å². The maximum absolute atomic E-state index is 5.84. The van der Waals surface area contributed by atoms with Crippen LogP contribution in [0.4, 0.5) is 0 Å². The van der Waals surface area contributed by atoms with Crippen molar-refractivity contribution in [1.82, 2.24) is 15.0 Å². The summed E-state index contributed by atoms with van der Waals surface area (Å²) in [5.74, 6) is 1.37. The zero-order valence-electron chi connectivity index (χ0n) is 11.9. The molecule has 1 fully saturated rings. The summed E-state index contributed by atoms with van der Waals surface area (Å²) in [4.78, 5) is 13.2. The van der Waals surface area contributed by atoms with Crippen molar-refractivity contribution in [2.45, 2.75) is 32.8 Å². The Kier molecular flexibility index (Phi) is 3.74. The Morgan fingerprint density at radius 3 is 2.45 bits per heavy atom. The predicted molar refractivity (Wildman–Crippen MR) is 77.1 cm³/mol. The highest BCUT2D eigenvalue weighted by Gasteiger charge is 2.21. The van der Waals surface area contributed by atoms with E-state index < -0.39 is 0 Å². The first kappa shape index (κ1) is 13.2. The summed E-state index contributed by atoms with van der Waals surface area (Å²) < 4.78 is 5.84. The number of pyridine rings is 1. The van der Waals surface area contributed by atoms with E-state index in [1.807, 2.05) is 37.6 Å². The summed E-state index contributed by atoms with van der Waals surface area (Å²) in [6, 6.07) is 4.05. The highest BCUT2D eigenvalue weighted by atomic mass is 16.5. The molecule has 0 bridgehead atoms. The number of aryl methyl sites for hydroxylation is 1. The van der Waals surface area contributed by atoms with Crippen molar-refractivity contribution in [1.29, 1.82) is 0 Å². The zero-order chi connectivity index (χ0) is 13.9. The Morgan fingerprint density at radius 1 is 1.05 bits per heavy atom. The number of aromatic nitrogens is 3. The lowest BCUT2D eigenvalue weighted by Gasteiger charge is -2.26. The van der Waals surface area contributed by atoms with Gasteiger partial charge in [0.1, 0.15) is 0 Å². The summed E-state index contributed by atoms with van der Waals surface area (Å²) in [5, 5.41) is 0. The van der Waals surface area contributed by atoms with Crippen molar-refractivity contribution in [3.05, 3.63) is 42.0 Å². The first-order valence-corrected chi connectivity index (χ1v) is 7.09. The normalized spacial score (nSPS) is 22.7. The van der Waals surface area contributed by atoms with Crippen LogP contribution in [0.15, 0.2) is 30.7 Å². The van der Waals surface area contributed by atoms with E-state index in [2.05, 4.69) is 21.9 Å². The molecule has 1 aliphatic rings. The van der Waals surface area contributed by atoms with Crippen LogP contribution in [-0.4, -0.2) is 21.6 Å². The lowest BCUT2D eigenvalue weighted by Crippen LogP contribution is -2.19.